The van der Waals surface area contributed by atoms with Crippen molar-refractivity contribution in [2.24, 2.45) is 0 Å². The molecule has 0 spiro atoms. The van der Waals surface area contributed by atoms with E-state index in [9.17, 15) is 0 Å². The van der Waals surface area contributed by atoms with Crippen LogP contribution in [0.15, 0.2) is 24.0 Å². The molecule has 1 aliphatic heterocycles. The van der Waals surface area contributed by atoms with E-state index in [-0.39, 0.29) is 0 Å². The third-order valence-electron chi connectivity index (χ3n) is 1.11. The van der Waals surface area contributed by atoms with Gasteiger partial charge in [-0.25, -0.2) is 0 Å². The lowest BCUT2D eigenvalue weighted by Crippen LogP contribution is -1.61. The first-order valence-corrected chi connectivity index (χ1v) is 2.84. The zero-order valence-electron chi connectivity index (χ0n) is 5.22. The fourth-order valence-electron chi connectivity index (χ4n) is 0.536. The number of rotatable bonds is 1. The summed E-state index contributed by atoms with van der Waals surface area (Å²) in [6.07, 6.45) is 6.34. The van der Waals surface area contributed by atoms with E-state index >= 15 is 0 Å². The Morgan fingerprint density at radius 2 is 2.25 bits per heavy atom. The summed E-state index contributed by atoms with van der Waals surface area (Å²) in [6.45, 7) is 4.03. The molecule has 1 rings (SSSR count). The minimum atomic E-state index is 0.381. The van der Waals surface area contributed by atoms with E-state index in [1.165, 1.54) is 0 Å². The zero-order chi connectivity index (χ0) is 5.98. The van der Waals surface area contributed by atoms with Crippen molar-refractivity contribution < 1.29 is 4.74 Å². The lowest BCUT2D eigenvalue weighted by atomic mass is 10.4. The lowest BCUT2D eigenvalue weighted by molar-refractivity contribution is 0.445. The number of hydrogen-bond acceptors (Lipinski definition) is 1. The average Bonchev–Trinajstić information content (AvgIpc) is 2.42. The number of epoxide rings is 1. The Balaban J connectivity index is 2.36. The Bertz CT molecular complexity index is 133. The summed E-state index contributed by atoms with van der Waals surface area (Å²) in [5.74, 6) is 1.10. The highest BCUT2D eigenvalue weighted by Gasteiger charge is 2.24. The predicted octanol–water partition coefficient (Wildman–Crippen LogP) is 1.87. The van der Waals surface area contributed by atoms with Crippen molar-refractivity contribution in [3.05, 3.63) is 24.0 Å². The second-order valence-corrected chi connectivity index (χ2v) is 1.85. The average molecular weight is 110 g/mol. The van der Waals surface area contributed by atoms with E-state index in [4.69, 9.17) is 4.74 Å². The molecule has 1 fully saturated rings. The second-order valence-electron chi connectivity index (χ2n) is 1.85. The van der Waals surface area contributed by atoms with Crippen molar-refractivity contribution >= 4 is 0 Å². The van der Waals surface area contributed by atoms with Crippen LogP contribution in [0.4, 0.5) is 0 Å². The molecule has 0 aromatic heterocycles. The molecule has 0 radical (unpaired) electrons. The summed E-state index contributed by atoms with van der Waals surface area (Å²) in [7, 11) is 0. The van der Waals surface area contributed by atoms with E-state index in [0.29, 0.717) is 6.10 Å². The maximum atomic E-state index is 5.03. The molecule has 0 aromatic rings. The Kier molecular flexibility index (Phi) is 1.38. The zero-order valence-corrected chi connectivity index (χ0v) is 5.22. The molecule has 0 amide bonds. The van der Waals surface area contributed by atoms with E-state index in [1.54, 1.807) is 0 Å². The van der Waals surface area contributed by atoms with Crippen LogP contribution in [0.25, 0.3) is 0 Å². The van der Waals surface area contributed by atoms with Crippen molar-refractivity contribution in [1.82, 2.24) is 0 Å². The molecule has 0 aliphatic carbocycles. The number of hydrogen-bond donors (Lipinski definition) is 0. The molecule has 0 bridgehead atoms. The maximum Gasteiger partial charge on any atom is 0.152 e. The van der Waals surface area contributed by atoms with Gasteiger partial charge in [-0.05, 0) is 19.9 Å². The normalized spacial score (nSPS) is 31.2. The van der Waals surface area contributed by atoms with Crippen LogP contribution in [0.1, 0.15) is 13.8 Å². The van der Waals surface area contributed by atoms with Gasteiger partial charge >= 0.3 is 0 Å². The Morgan fingerprint density at radius 3 is 2.62 bits per heavy atom. The maximum absolute atomic E-state index is 5.03. The van der Waals surface area contributed by atoms with E-state index in [2.05, 4.69) is 0 Å². The SMILES string of the molecule is C/C=C\C=C1\OC1C. The van der Waals surface area contributed by atoms with Crippen molar-refractivity contribution in [1.29, 1.82) is 0 Å². The van der Waals surface area contributed by atoms with Gasteiger partial charge in [0.15, 0.2) is 6.10 Å². The van der Waals surface area contributed by atoms with Gasteiger partial charge in [-0.15, -0.1) is 0 Å². The van der Waals surface area contributed by atoms with Crippen LogP contribution in [0.5, 0.6) is 0 Å². The van der Waals surface area contributed by atoms with E-state index in [0.717, 1.165) is 5.76 Å². The minimum Gasteiger partial charge on any atom is -0.483 e. The quantitative estimate of drug-likeness (QED) is 0.469. The third-order valence-corrected chi connectivity index (χ3v) is 1.11. The Morgan fingerprint density at radius 1 is 1.62 bits per heavy atom. The largest absolute Gasteiger partial charge is 0.483 e. The van der Waals surface area contributed by atoms with Gasteiger partial charge in [-0.3, -0.25) is 0 Å². The number of ether oxygens (including phenoxy) is 1. The first-order chi connectivity index (χ1) is 3.84. The van der Waals surface area contributed by atoms with Gasteiger partial charge in [0.1, 0.15) is 5.76 Å². The molecule has 44 valence electrons. The van der Waals surface area contributed by atoms with Crippen molar-refractivity contribution in [3.63, 3.8) is 0 Å². The first-order valence-electron chi connectivity index (χ1n) is 2.84. The van der Waals surface area contributed by atoms with Crippen LogP contribution in [0, 0.1) is 0 Å². The van der Waals surface area contributed by atoms with Crippen LogP contribution in [-0.4, -0.2) is 6.10 Å². The molecule has 1 saturated heterocycles. The van der Waals surface area contributed by atoms with Gasteiger partial charge < -0.3 is 4.74 Å². The molecule has 0 aromatic carbocycles. The van der Waals surface area contributed by atoms with E-state index < -0.39 is 0 Å². The summed E-state index contributed by atoms with van der Waals surface area (Å²) in [6, 6.07) is 0. The lowest BCUT2D eigenvalue weighted by Gasteiger charge is -1.62. The first kappa shape index (κ1) is 5.42. The highest BCUT2D eigenvalue weighted by Crippen LogP contribution is 2.25. The third kappa shape index (κ3) is 1.12. The fourth-order valence-corrected chi connectivity index (χ4v) is 0.536. The molecule has 0 N–H and O–H groups in total. The van der Waals surface area contributed by atoms with E-state index in [1.807, 2.05) is 32.1 Å². The van der Waals surface area contributed by atoms with Gasteiger partial charge in [0.2, 0.25) is 0 Å². The minimum absolute atomic E-state index is 0.381. The molecule has 1 nitrogen and oxygen atoms in total. The molecule has 1 unspecified atom stereocenters. The molecule has 1 heterocycles. The van der Waals surface area contributed by atoms with Gasteiger partial charge in [-0.1, -0.05) is 12.2 Å². The fraction of sp³-hybridized carbons (Fsp3) is 0.429. The smallest absolute Gasteiger partial charge is 0.152 e. The molecule has 1 atom stereocenters. The van der Waals surface area contributed by atoms with Crippen LogP contribution >= 0.6 is 0 Å². The Hall–Kier alpha value is -0.720. The highest BCUT2D eigenvalue weighted by molar-refractivity contribution is 5.18. The predicted molar refractivity (Wildman–Crippen MR) is 33.4 cm³/mol. The van der Waals surface area contributed by atoms with Crippen molar-refractivity contribution in [3.8, 4) is 0 Å². The summed E-state index contributed by atoms with van der Waals surface area (Å²) in [4.78, 5) is 0. The summed E-state index contributed by atoms with van der Waals surface area (Å²) in [5.41, 5.74) is 0. The summed E-state index contributed by atoms with van der Waals surface area (Å²) < 4.78 is 5.03. The molecule has 1 heteroatoms. The highest BCUT2D eigenvalue weighted by atomic mass is 16.6. The van der Waals surface area contributed by atoms with Gasteiger partial charge in [0, 0.05) is 0 Å². The van der Waals surface area contributed by atoms with Crippen LogP contribution in [-0.2, 0) is 4.74 Å². The summed E-state index contributed by atoms with van der Waals surface area (Å²) >= 11 is 0. The van der Waals surface area contributed by atoms with Crippen LogP contribution in [0.3, 0.4) is 0 Å². The Labute approximate surface area is 49.7 Å². The van der Waals surface area contributed by atoms with Crippen molar-refractivity contribution in [2.75, 3.05) is 0 Å². The molecule has 0 saturated carbocycles. The standard InChI is InChI=1S/C7H10O/c1-3-4-5-7-6(2)8-7/h3-6H,1-2H3/b4-3-,7-5+. The summed E-state index contributed by atoms with van der Waals surface area (Å²) in [5, 5.41) is 0. The van der Waals surface area contributed by atoms with Crippen molar-refractivity contribution in [2.45, 2.75) is 20.0 Å². The molecule has 8 heavy (non-hydrogen) atoms. The van der Waals surface area contributed by atoms with Gasteiger partial charge in [0.05, 0.1) is 0 Å². The molecule has 1 aliphatic rings. The van der Waals surface area contributed by atoms with Gasteiger partial charge in [0.25, 0.3) is 0 Å². The molecular weight excluding hydrogens is 100 g/mol. The molecular formula is C7H10O. The number of allylic oxidation sites excluding steroid dienone is 3. The monoisotopic (exact) mass is 110 g/mol. The van der Waals surface area contributed by atoms with Crippen LogP contribution in [0.2, 0.25) is 0 Å². The van der Waals surface area contributed by atoms with Gasteiger partial charge in [-0.2, -0.15) is 0 Å². The second kappa shape index (κ2) is 2.03. The van der Waals surface area contributed by atoms with Crippen LogP contribution < -0.4 is 0 Å². The topological polar surface area (TPSA) is 12.5 Å².